The van der Waals surface area contributed by atoms with Crippen molar-refractivity contribution < 1.29 is 38.6 Å². The Morgan fingerprint density at radius 2 is 1.53 bits per heavy atom. The third-order valence-electron chi connectivity index (χ3n) is 9.71. The van der Waals surface area contributed by atoms with Crippen LogP contribution in [-0.4, -0.2) is 65.0 Å². The van der Waals surface area contributed by atoms with Crippen LogP contribution < -0.4 is 25.4 Å². The highest BCUT2D eigenvalue weighted by molar-refractivity contribution is 6.10. The number of rotatable bonds is 15. The standard InChI is InChI=1S/C42H47N5O8/c1-26(2)22-35(38(50)44-34(24-37(48)49)32-21-20-31(54-5)23-36(32)55-6)47-39(51)42(4,29-13-8-7-9-14-29)46(41(47)53)25-28-16-18-30(19-17-28)43-40(52)45-33-15-11-10-12-27(33)3/h7-21,23,26,34-35H,22,24-25H2,1-6H3,(H,44,50)(H,48,49)(H2,43,45,52)/t34-,35?,42?/m0/s1. The predicted octanol–water partition coefficient (Wildman–Crippen LogP) is 7.08. The number of carboxylic acid groups (broad SMARTS) is 1. The summed E-state index contributed by atoms with van der Waals surface area (Å²) >= 11 is 0. The topological polar surface area (TPSA) is 167 Å². The first-order valence-electron chi connectivity index (χ1n) is 17.9. The second-order valence-electron chi connectivity index (χ2n) is 14.0. The number of nitrogens with zero attached hydrogens (tertiary/aromatic N) is 2. The predicted molar refractivity (Wildman–Crippen MR) is 208 cm³/mol. The van der Waals surface area contributed by atoms with Gasteiger partial charge >= 0.3 is 18.0 Å². The number of aliphatic carboxylic acids is 1. The summed E-state index contributed by atoms with van der Waals surface area (Å²) in [7, 11) is 2.91. The molecule has 4 N–H and O–H groups in total. The fourth-order valence-electron chi connectivity index (χ4n) is 6.74. The van der Waals surface area contributed by atoms with E-state index in [-0.39, 0.29) is 18.9 Å². The summed E-state index contributed by atoms with van der Waals surface area (Å²) in [6.07, 6.45) is -0.372. The van der Waals surface area contributed by atoms with Crippen LogP contribution in [0.2, 0.25) is 0 Å². The molecule has 0 spiro atoms. The zero-order chi connectivity index (χ0) is 39.9. The third-order valence-corrected chi connectivity index (χ3v) is 9.71. The fraction of sp³-hybridized carbons (Fsp3) is 0.310. The van der Waals surface area contributed by atoms with Gasteiger partial charge in [0.2, 0.25) is 5.91 Å². The van der Waals surface area contributed by atoms with Crippen molar-refractivity contribution >= 4 is 41.2 Å². The smallest absolute Gasteiger partial charge is 0.329 e. The maximum Gasteiger partial charge on any atom is 0.329 e. The molecular formula is C42H47N5O8. The minimum Gasteiger partial charge on any atom is -0.497 e. The van der Waals surface area contributed by atoms with Gasteiger partial charge in [0, 0.05) is 29.5 Å². The van der Waals surface area contributed by atoms with E-state index >= 15 is 0 Å². The number of anilines is 2. The molecule has 4 aromatic carbocycles. The van der Waals surface area contributed by atoms with Gasteiger partial charge in [0.1, 0.15) is 23.1 Å². The number of hydrogen-bond acceptors (Lipinski definition) is 7. The Morgan fingerprint density at radius 3 is 2.15 bits per heavy atom. The zero-order valence-corrected chi connectivity index (χ0v) is 31.8. The molecule has 1 aliphatic heterocycles. The van der Waals surface area contributed by atoms with Crippen LogP contribution in [0.5, 0.6) is 11.5 Å². The van der Waals surface area contributed by atoms with E-state index in [9.17, 15) is 29.1 Å². The van der Waals surface area contributed by atoms with Crippen molar-refractivity contribution in [2.45, 2.75) is 64.7 Å². The van der Waals surface area contributed by atoms with Crippen LogP contribution in [0.1, 0.15) is 61.9 Å². The maximum atomic E-state index is 14.7. The lowest BCUT2D eigenvalue weighted by Crippen LogP contribution is -2.52. The molecule has 0 saturated carbocycles. The van der Waals surface area contributed by atoms with E-state index in [4.69, 9.17) is 9.47 Å². The number of nitrogens with one attached hydrogen (secondary N) is 3. The van der Waals surface area contributed by atoms with Gasteiger partial charge in [-0.3, -0.25) is 14.4 Å². The van der Waals surface area contributed by atoms with Crippen LogP contribution in [0.25, 0.3) is 0 Å². The molecule has 1 aliphatic rings. The SMILES string of the molecule is COc1ccc([C@H](CC(=O)O)NC(=O)C(CC(C)C)N2C(=O)N(Cc3ccc(NC(=O)Nc4ccccc4C)cc3)C(C)(c3ccccc3)C2=O)c(OC)c1. The van der Waals surface area contributed by atoms with E-state index in [0.717, 1.165) is 10.5 Å². The van der Waals surface area contributed by atoms with Gasteiger partial charge in [-0.15, -0.1) is 0 Å². The first-order valence-corrected chi connectivity index (χ1v) is 17.9. The van der Waals surface area contributed by atoms with E-state index in [1.807, 2.05) is 45.0 Å². The minimum atomic E-state index is -1.50. The number of aryl methyl sites for hydroxylation is 1. The molecule has 2 unspecified atom stereocenters. The number of carboxylic acids is 1. The first kappa shape index (κ1) is 39.8. The van der Waals surface area contributed by atoms with E-state index in [0.29, 0.717) is 39.6 Å². The average Bonchev–Trinajstić information content (AvgIpc) is 3.35. The van der Waals surface area contributed by atoms with Gasteiger partial charge in [0.15, 0.2) is 0 Å². The number of carbonyl (C=O) groups excluding carboxylic acids is 4. The normalized spacial score (nSPS) is 16.4. The van der Waals surface area contributed by atoms with Gasteiger partial charge in [0.05, 0.1) is 26.7 Å². The molecule has 55 heavy (non-hydrogen) atoms. The summed E-state index contributed by atoms with van der Waals surface area (Å²) in [5.74, 6) is -1.81. The highest BCUT2D eigenvalue weighted by Crippen LogP contribution is 2.41. The molecule has 288 valence electrons. The number of para-hydroxylation sites is 1. The van der Waals surface area contributed by atoms with Gasteiger partial charge in [-0.1, -0.05) is 74.5 Å². The Kier molecular flexibility index (Phi) is 12.4. The summed E-state index contributed by atoms with van der Waals surface area (Å²) in [5.41, 5.74) is 2.23. The lowest BCUT2D eigenvalue weighted by Gasteiger charge is -2.32. The zero-order valence-electron chi connectivity index (χ0n) is 31.8. The molecule has 1 fully saturated rings. The largest absolute Gasteiger partial charge is 0.497 e. The van der Waals surface area contributed by atoms with Gasteiger partial charge in [-0.05, 0) is 73.2 Å². The molecule has 4 aromatic rings. The number of methoxy groups -OCH3 is 2. The Labute approximate surface area is 320 Å². The molecule has 3 atom stereocenters. The van der Waals surface area contributed by atoms with Crippen LogP contribution in [0.15, 0.2) is 97.1 Å². The molecule has 5 rings (SSSR count). The van der Waals surface area contributed by atoms with Gasteiger partial charge in [0.25, 0.3) is 5.91 Å². The van der Waals surface area contributed by atoms with Crippen LogP contribution >= 0.6 is 0 Å². The van der Waals surface area contributed by atoms with E-state index in [2.05, 4.69) is 16.0 Å². The number of amides is 6. The van der Waals surface area contributed by atoms with Gasteiger partial charge in [-0.2, -0.15) is 0 Å². The molecule has 6 amide bonds. The van der Waals surface area contributed by atoms with E-state index in [1.54, 1.807) is 79.7 Å². The number of urea groups is 2. The van der Waals surface area contributed by atoms with Crippen LogP contribution in [0.3, 0.4) is 0 Å². The molecule has 1 heterocycles. The molecule has 0 aromatic heterocycles. The Morgan fingerprint density at radius 1 is 0.855 bits per heavy atom. The van der Waals surface area contributed by atoms with Crippen molar-refractivity contribution in [3.8, 4) is 11.5 Å². The second-order valence-corrected chi connectivity index (χ2v) is 14.0. The monoisotopic (exact) mass is 749 g/mol. The van der Waals surface area contributed by atoms with Crippen molar-refractivity contribution in [2.24, 2.45) is 5.92 Å². The van der Waals surface area contributed by atoms with Crippen molar-refractivity contribution in [1.82, 2.24) is 15.1 Å². The molecule has 0 bridgehead atoms. The molecule has 13 heteroatoms. The summed E-state index contributed by atoms with van der Waals surface area (Å²) < 4.78 is 10.8. The lowest BCUT2D eigenvalue weighted by molar-refractivity contribution is -0.141. The number of hydrogen-bond donors (Lipinski definition) is 4. The molecule has 13 nitrogen and oxygen atoms in total. The minimum absolute atomic E-state index is 0.00284. The Hall–Kier alpha value is -6.37. The van der Waals surface area contributed by atoms with Crippen molar-refractivity contribution in [3.63, 3.8) is 0 Å². The number of ether oxygens (including phenoxy) is 2. The molecule has 0 radical (unpaired) electrons. The van der Waals surface area contributed by atoms with Gasteiger partial charge < -0.3 is 35.4 Å². The lowest BCUT2D eigenvalue weighted by atomic mass is 9.89. The summed E-state index contributed by atoms with van der Waals surface area (Å²) in [6.45, 7) is 7.30. The average molecular weight is 750 g/mol. The third kappa shape index (κ3) is 8.89. The number of carbonyl (C=O) groups is 5. The van der Waals surface area contributed by atoms with Crippen molar-refractivity contribution in [1.29, 1.82) is 0 Å². The highest BCUT2D eigenvalue weighted by atomic mass is 16.5. The number of imide groups is 1. The molecule has 0 aliphatic carbocycles. The fourth-order valence-corrected chi connectivity index (χ4v) is 6.74. The second kappa shape index (κ2) is 17.2. The summed E-state index contributed by atoms with van der Waals surface area (Å²) in [4.78, 5) is 70.9. The van der Waals surface area contributed by atoms with Crippen LogP contribution in [0.4, 0.5) is 21.0 Å². The first-order chi connectivity index (χ1) is 26.3. The van der Waals surface area contributed by atoms with E-state index in [1.165, 1.54) is 19.1 Å². The van der Waals surface area contributed by atoms with Crippen molar-refractivity contribution in [2.75, 3.05) is 24.9 Å². The molecule has 1 saturated heterocycles. The maximum absolute atomic E-state index is 14.7. The Bertz CT molecular complexity index is 2040. The summed E-state index contributed by atoms with van der Waals surface area (Å²) in [5, 5.41) is 18.3. The van der Waals surface area contributed by atoms with Gasteiger partial charge in [-0.25, -0.2) is 14.5 Å². The highest BCUT2D eigenvalue weighted by Gasteiger charge is 2.58. The van der Waals surface area contributed by atoms with Crippen LogP contribution in [0, 0.1) is 12.8 Å². The van der Waals surface area contributed by atoms with Crippen LogP contribution in [-0.2, 0) is 26.5 Å². The quantitative estimate of drug-likeness (QED) is 0.0936. The number of benzene rings is 4. The Balaban J connectivity index is 1.45. The summed E-state index contributed by atoms with van der Waals surface area (Å²) in [6, 6.07) is 24.6. The molecular weight excluding hydrogens is 702 g/mol. The van der Waals surface area contributed by atoms with Crippen molar-refractivity contribution in [3.05, 3.63) is 119 Å². The van der Waals surface area contributed by atoms with E-state index < -0.39 is 53.9 Å².